The van der Waals surface area contributed by atoms with Crippen LogP contribution in [0.5, 0.6) is 0 Å². The monoisotopic (exact) mass is 298 g/mol. The van der Waals surface area contributed by atoms with Crippen molar-refractivity contribution in [3.63, 3.8) is 0 Å². The number of halogens is 2. The van der Waals surface area contributed by atoms with Crippen LogP contribution in [0.3, 0.4) is 0 Å². The van der Waals surface area contributed by atoms with E-state index in [0.29, 0.717) is 11.2 Å². The summed E-state index contributed by atoms with van der Waals surface area (Å²) in [6.45, 7) is 4.33. The molecular formula is C12H12BrClN2. The third kappa shape index (κ3) is 2.53. The molecule has 0 unspecified atom stereocenters. The fourth-order valence-corrected chi connectivity index (χ4v) is 2.23. The zero-order chi connectivity index (χ0) is 11.7. The van der Waals surface area contributed by atoms with Gasteiger partial charge in [0.2, 0.25) is 5.28 Å². The summed E-state index contributed by atoms with van der Waals surface area (Å²) >= 11 is 9.38. The van der Waals surface area contributed by atoms with Crippen LogP contribution in [0.25, 0.3) is 10.9 Å². The Kier molecular flexibility index (Phi) is 3.45. The minimum Gasteiger partial charge on any atom is -0.222 e. The summed E-state index contributed by atoms with van der Waals surface area (Å²) in [5.74, 6) is 0.549. The van der Waals surface area contributed by atoms with Crippen molar-refractivity contribution >= 4 is 38.4 Å². The second kappa shape index (κ2) is 4.68. The number of hydrogen-bond acceptors (Lipinski definition) is 2. The van der Waals surface area contributed by atoms with Gasteiger partial charge >= 0.3 is 0 Å². The number of fused-ring (bicyclic) bond motifs is 1. The van der Waals surface area contributed by atoms with E-state index in [0.717, 1.165) is 27.5 Å². The van der Waals surface area contributed by atoms with E-state index in [1.807, 2.05) is 18.2 Å². The van der Waals surface area contributed by atoms with Crippen LogP contribution in [0.4, 0.5) is 0 Å². The van der Waals surface area contributed by atoms with Crippen LogP contribution in [-0.2, 0) is 6.42 Å². The maximum Gasteiger partial charge on any atom is 0.223 e. The maximum absolute atomic E-state index is 5.91. The van der Waals surface area contributed by atoms with Gasteiger partial charge in [-0.2, -0.15) is 0 Å². The molecule has 2 aromatic rings. The van der Waals surface area contributed by atoms with Gasteiger partial charge in [-0.1, -0.05) is 29.8 Å². The van der Waals surface area contributed by atoms with Crippen molar-refractivity contribution in [2.24, 2.45) is 5.92 Å². The molecule has 0 amide bonds. The van der Waals surface area contributed by atoms with Crippen LogP contribution < -0.4 is 0 Å². The zero-order valence-corrected chi connectivity index (χ0v) is 11.5. The van der Waals surface area contributed by atoms with Gasteiger partial charge in [-0.3, -0.25) is 0 Å². The van der Waals surface area contributed by atoms with Crippen LogP contribution in [-0.4, -0.2) is 9.97 Å². The first-order valence-corrected chi connectivity index (χ1v) is 6.35. The molecule has 0 N–H and O–H groups in total. The lowest BCUT2D eigenvalue weighted by molar-refractivity contribution is 0.638. The molecule has 0 radical (unpaired) electrons. The molecule has 0 saturated heterocycles. The molecule has 0 atom stereocenters. The third-order valence-electron chi connectivity index (χ3n) is 2.31. The summed E-state index contributed by atoms with van der Waals surface area (Å²) in [5, 5.41) is 1.40. The first-order chi connectivity index (χ1) is 7.56. The molecule has 0 fully saturated rings. The van der Waals surface area contributed by atoms with Crippen LogP contribution in [0.15, 0.2) is 22.7 Å². The van der Waals surface area contributed by atoms with E-state index in [1.54, 1.807) is 0 Å². The Labute approximate surface area is 108 Å². The lowest BCUT2D eigenvalue weighted by Crippen LogP contribution is -2.00. The molecule has 2 nitrogen and oxygen atoms in total. The molecule has 0 aliphatic rings. The van der Waals surface area contributed by atoms with E-state index in [1.165, 1.54) is 0 Å². The molecule has 0 saturated carbocycles. The fraction of sp³-hybridized carbons (Fsp3) is 0.333. The van der Waals surface area contributed by atoms with Crippen molar-refractivity contribution in [1.82, 2.24) is 9.97 Å². The van der Waals surface area contributed by atoms with Crippen LogP contribution >= 0.6 is 27.5 Å². The Morgan fingerprint density at radius 2 is 2.06 bits per heavy atom. The molecule has 0 bridgehead atoms. The maximum atomic E-state index is 5.91. The summed E-state index contributed by atoms with van der Waals surface area (Å²) in [5.41, 5.74) is 1.92. The lowest BCUT2D eigenvalue weighted by Gasteiger charge is -2.08. The molecule has 1 aromatic heterocycles. The van der Waals surface area contributed by atoms with E-state index >= 15 is 0 Å². The van der Waals surface area contributed by atoms with Gasteiger partial charge in [0.1, 0.15) is 0 Å². The fourth-order valence-electron chi connectivity index (χ4n) is 1.68. The number of aromatic nitrogens is 2. The first-order valence-electron chi connectivity index (χ1n) is 5.18. The summed E-state index contributed by atoms with van der Waals surface area (Å²) in [6.07, 6.45) is 0.912. The van der Waals surface area contributed by atoms with E-state index in [-0.39, 0.29) is 0 Å². The van der Waals surface area contributed by atoms with Crippen molar-refractivity contribution in [3.05, 3.63) is 33.6 Å². The molecule has 16 heavy (non-hydrogen) atoms. The molecule has 0 spiro atoms. The Morgan fingerprint density at radius 1 is 1.31 bits per heavy atom. The highest BCUT2D eigenvalue weighted by Crippen LogP contribution is 2.23. The second-order valence-electron chi connectivity index (χ2n) is 4.20. The largest absolute Gasteiger partial charge is 0.223 e. The standard InChI is InChI=1S/C12H12BrClN2/c1-7(2)5-11-9-6-8(13)3-4-10(9)15-12(14)16-11/h3-4,6-7H,5H2,1-2H3. The van der Waals surface area contributed by atoms with Gasteiger partial charge in [0.25, 0.3) is 0 Å². The number of benzene rings is 1. The van der Waals surface area contributed by atoms with Gasteiger partial charge in [-0.15, -0.1) is 0 Å². The number of hydrogen-bond donors (Lipinski definition) is 0. The van der Waals surface area contributed by atoms with Crippen molar-refractivity contribution < 1.29 is 0 Å². The van der Waals surface area contributed by atoms with Crippen molar-refractivity contribution in [3.8, 4) is 0 Å². The van der Waals surface area contributed by atoms with Crippen molar-refractivity contribution in [2.75, 3.05) is 0 Å². The second-order valence-corrected chi connectivity index (χ2v) is 5.45. The predicted molar refractivity (Wildman–Crippen MR) is 70.8 cm³/mol. The van der Waals surface area contributed by atoms with Crippen LogP contribution in [0, 0.1) is 5.92 Å². The molecule has 84 valence electrons. The van der Waals surface area contributed by atoms with Gasteiger partial charge in [-0.25, -0.2) is 9.97 Å². The minimum atomic E-state index is 0.325. The lowest BCUT2D eigenvalue weighted by atomic mass is 10.0. The highest BCUT2D eigenvalue weighted by molar-refractivity contribution is 9.10. The van der Waals surface area contributed by atoms with Gasteiger partial charge in [0.05, 0.1) is 11.2 Å². The Hall–Kier alpha value is -0.670. The average Bonchev–Trinajstić information content (AvgIpc) is 2.18. The Bertz CT molecular complexity index is 526. The van der Waals surface area contributed by atoms with Gasteiger partial charge in [-0.05, 0) is 42.1 Å². The Morgan fingerprint density at radius 3 is 2.75 bits per heavy atom. The SMILES string of the molecule is CC(C)Cc1nc(Cl)nc2ccc(Br)cc12. The molecule has 4 heteroatoms. The summed E-state index contributed by atoms with van der Waals surface area (Å²) in [4.78, 5) is 8.53. The quantitative estimate of drug-likeness (QED) is 0.775. The van der Waals surface area contributed by atoms with Gasteiger partial charge in [0.15, 0.2) is 0 Å². The van der Waals surface area contributed by atoms with Crippen molar-refractivity contribution in [2.45, 2.75) is 20.3 Å². The number of rotatable bonds is 2. The highest BCUT2D eigenvalue weighted by atomic mass is 79.9. The van der Waals surface area contributed by atoms with Gasteiger partial charge < -0.3 is 0 Å². The van der Waals surface area contributed by atoms with Crippen LogP contribution in [0.2, 0.25) is 5.28 Å². The van der Waals surface area contributed by atoms with E-state index < -0.39 is 0 Å². The third-order valence-corrected chi connectivity index (χ3v) is 2.97. The predicted octanol–water partition coefficient (Wildman–Crippen LogP) is 4.24. The zero-order valence-electron chi connectivity index (χ0n) is 9.17. The first kappa shape index (κ1) is 11.8. The molecule has 2 rings (SSSR count). The van der Waals surface area contributed by atoms with Crippen molar-refractivity contribution in [1.29, 1.82) is 0 Å². The van der Waals surface area contributed by atoms with Gasteiger partial charge in [0, 0.05) is 9.86 Å². The summed E-state index contributed by atoms with van der Waals surface area (Å²) in [6, 6.07) is 5.96. The van der Waals surface area contributed by atoms with E-state index in [9.17, 15) is 0 Å². The van der Waals surface area contributed by atoms with E-state index in [4.69, 9.17) is 11.6 Å². The molecule has 1 aromatic carbocycles. The van der Waals surface area contributed by atoms with Crippen LogP contribution in [0.1, 0.15) is 19.5 Å². The summed E-state index contributed by atoms with van der Waals surface area (Å²) in [7, 11) is 0. The highest BCUT2D eigenvalue weighted by Gasteiger charge is 2.08. The molecular weight excluding hydrogens is 288 g/mol. The molecule has 1 heterocycles. The normalized spacial score (nSPS) is 11.3. The molecule has 0 aliphatic heterocycles. The smallest absolute Gasteiger partial charge is 0.222 e. The molecule has 0 aliphatic carbocycles. The topological polar surface area (TPSA) is 25.8 Å². The average molecular weight is 300 g/mol. The summed E-state index contributed by atoms with van der Waals surface area (Å²) < 4.78 is 1.04. The minimum absolute atomic E-state index is 0.325. The number of nitrogens with zero attached hydrogens (tertiary/aromatic N) is 2. The van der Waals surface area contributed by atoms with E-state index in [2.05, 4.69) is 39.7 Å². The Balaban J connectivity index is 2.64.